The number of ether oxygens (including phenoxy) is 2. The lowest BCUT2D eigenvalue weighted by Gasteiger charge is -2.22. The van der Waals surface area contributed by atoms with Gasteiger partial charge in [-0.1, -0.05) is 6.58 Å². The molecule has 0 aliphatic rings. The predicted molar refractivity (Wildman–Crippen MR) is 142 cm³/mol. The molecule has 0 atom stereocenters. The summed E-state index contributed by atoms with van der Waals surface area (Å²) in [5.41, 5.74) is 1.00. The Morgan fingerprint density at radius 3 is 2.34 bits per heavy atom. The Kier molecular flexibility index (Phi) is 10.4. The minimum absolute atomic E-state index is 0.0877. The van der Waals surface area contributed by atoms with Gasteiger partial charge >= 0.3 is 0 Å². The van der Waals surface area contributed by atoms with Crippen molar-refractivity contribution < 1.29 is 18.7 Å². The summed E-state index contributed by atoms with van der Waals surface area (Å²) in [5.74, 6) is 0.184. The van der Waals surface area contributed by atoms with Crippen molar-refractivity contribution in [3.05, 3.63) is 52.7 Å². The molecular formula is C27H37FN4O3. The van der Waals surface area contributed by atoms with Crippen LogP contribution in [0.3, 0.4) is 0 Å². The number of nitrogens with zero attached hydrogens (tertiary/aromatic N) is 2. The number of anilines is 2. The van der Waals surface area contributed by atoms with Crippen LogP contribution in [0.25, 0.3) is 12.4 Å². The van der Waals surface area contributed by atoms with Crippen molar-refractivity contribution in [2.45, 2.75) is 39.2 Å². The summed E-state index contributed by atoms with van der Waals surface area (Å²) in [6, 6.07) is 10.2. The third-order valence-electron chi connectivity index (χ3n) is 5.39. The second kappa shape index (κ2) is 13.0. The Bertz CT molecular complexity index is 1130. The zero-order chi connectivity index (χ0) is 26.0. The molecule has 2 N–H and O–H groups in total. The number of methoxy groups -OCH3 is 1. The third kappa shape index (κ3) is 9.15. The first-order valence-corrected chi connectivity index (χ1v) is 11.6. The highest BCUT2D eigenvalue weighted by Crippen LogP contribution is 2.19. The molecular weight excluding hydrogens is 447 g/mol. The Balaban J connectivity index is 2.17. The number of aliphatic imine (C=N–C) groups is 1. The van der Waals surface area contributed by atoms with Crippen LogP contribution >= 0.6 is 0 Å². The van der Waals surface area contributed by atoms with Gasteiger partial charge in [0.1, 0.15) is 24.0 Å². The van der Waals surface area contributed by atoms with Crippen LogP contribution in [0.1, 0.15) is 33.6 Å². The molecule has 0 radical (unpaired) electrons. The van der Waals surface area contributed by atoms with Gasteiger partial charge < -0.3 is 25.0 Å². The van der Waals surface area contributed by atoms with Crippen molar-refractivity contribution in [2.75, 3.05) is 45.0 Å². The lowest BCUT2D eigenvalue weighted by molar-refractivity contribution is -0.117. The molecule has 0 heterocycles. The third-order valence-corrected chi connectivity index (χ3v) is 5.39. The van der Waals surface area contributed by atoms with Gasteiger partial charge in [-0.3, -0.25) is 4.79 Å². The molecule has 0 aliphatic heterocycles. The standard InChI is InChI=1S/C27H37FN4O3/c1-8-29-26(25-19(2)17-22(18-23(25)28)35-16-15-32(5)6)31-21-11-9-20(10-12-21)30-24(33)13-14-27(3,4)34-7/h8-12,17-18,31H,2,13-16H2,1,3-7H3,(H,30,33)/b26-25-,29-8?. The van der Waals surface area contributed by atoms with Gasteiger partial charge in [-0.05, 0) is 76.8 Å². The number of halogens is 1. The van der Waals surface area contributed by atoms with E-state index in [9.17, 15) is 4.79 Å². The van der Waals surface area contributed by atoms with Crippen LogP contribution < -0.4 is 25.8 Å². The number of carbonyl (C=O) groups excluding carboxylic acids is 1. The van der Waals surface area contributed by atoms with Crippen LogP contribution in [0.2, 0.25) is 0 Å². The van der Waals surface area contributed by atoms with E-state index in [0.717, 1.165) is 6.54 Å². The van der Waals surface area contributed by atoms with Crippen LogP contribution in [0.15, 0.2) is 41.4 Å². The van der Waals surface area contributed by atoms with E-state index in [0.29, 0.717) is 47.6 Å². The van der Waals surface area contributed by atoms with E-state index in [1.165, 1.54) is 6.07 Å². The molecule has 2 rings (SSSR count). The van der Waals surface area contributed by atoms with Gasteiger partial charge in [-0.15, -0.1) is 0 Å². The van der Waals surface area contributed by atoms with Crippen LogP contribution in [0, 0.1) is 5.82 Å². The van der Waals surface area contributed by atoms with Gasteiger partial charge in [-0.2, -0.15) is 0 Å². The van der Waals surface area contributed by atoms with Crippen LogP contribution in [-0.4, -0.2) is 57.0 Å². The zero-order valence-corrected chi connectivity index (χ0v) is 21.6. The van der Waals surface area contributed by atoms with Crippen molar-refractivity contribution >= 4 is 35.9 Å². The first-order chi connectivity index (χ1) is 16.5. The Morgan fingerprint density at radius 1 is 1.17 bits per heavy atom. The van der Waals surface area contributed by atoms with Crippen molar-refractivity contribution in [3.8, 4) is 5.75 Å². The minimum atomic E-state index is -0.478. The van der Waals surface area contributed by atoms with Gasteiger partial charge in [0.2, 0.25) is 5.91 Å². The van der Waals surface area contributed by atoms with Gasteiger partial charge in [0, 0.05) is 43.7 Å². The first kappa shape index (κ1) is 28.0. The normalized spacial score (nSPS) is 12.7. The maximum Gasteiger partial charge on any atom is 0.224 e. The van der Waals surface area contributed by atoms with Crippen molar-refractivity contribution in [1.29, 1.82) is 0 Å². The SMILES string of the molecule is C=c1cc(OCCN(C)C)cc(F)/c1=C(/N=CC)Nc1ccc(NC(=O)CCC(C)(C)OC)cc1. The molecule has 8 heteroatoms. The fourth-order valence-corrected chi connectivity index (χ4v) is 3.13. The van der Waals surface area contributed by atoms with Crippen LogP contribution in [-0.2, 0) is 9.53 Å². The number of likely N-dealkylation sites (N-methyl/N-ethyl adjacent to an activating group) is 1. The molecule has 0 spiro atoms. The average Bonchev–Trinajstić information content (AvgIpc) is 2.78. The highest BCUT2D eigenvalue weighted by atomic mass is 19.1. The molecule has 1 amide bonds. The zero-order valence-electron chi connectivity index (χ0n) is 21.6. The van der Waals surface area contributed by atoms with Crippen LogP contribution in [0.5, 0.6) is 5.75 Å². The van der Waals surface area contributed by atoms with E-state index < -0.39 is 5.82 Å². The molecule has 0 saturated carbocycles. The van der Waals surface area contributed by atoms with Gasteiger partial charge in [-0.25, -0.2) is 9.38 Å². The summed E-state index contributed by atoms with van der Waals surface area (Å²) in [5, 5.41) is 6.75. The smallest absolute Gasteiger partial charge is 0.224 e. The van der Waals surface area contributed by atoms with E-state index in [-0.39, 0.29) is 16.7 Å². The van der Waals surface area contributed by atoms with E-state index in [1.807, 2.05) is 32.8 Å². The Hall–Kier alpha value is -3.23. The molecule has 35 heavy (non-hydrogen) atoms. The molecule has 2 aromatic carbocycles. The van der Waals surface area contributed by atoms with Gasteiger partial charge in [0.05, 0.1) is 10.8 Å². The quantitative estimate of drug-likeness (QED) is 0.451. The predicted octanol–water partition coefficient (Wildman–Crippen LogP) is 3.59. The molecule has 0 unspecified atom stereocenters. The fraction of sp³-hybridized carbons (Fsp3) is 0.407. The largest absolute Gasteiger partial charge is 0.492 e. The molecule has 2 aromatic rings. The van der Waals surface area contributed by atoms with Gasteiger partial charge in [0.15, 0.2) is 0 Å². The topological polar surface area (TPSA) is 75.2 Å². The fourth-order valence-electron chi connectivity index (χ4n) is 3.13. The summed E-state index contributed by atoms with van der Waals surface area (Å²) >= 11 is 0. The monoisotopic (exact) mass is 484 g/mol. The molecule has 190 valence electrons. The molecule has 0 aromatic heterocycles. The molecule has 0 fully saturated rings. The number of hydrogen-bond acceptors (Lipinski definition) is 6. The number of benzene rings is 2. The second-order valence-electron chi connectivity index (χ2n) is 9.04. The van der Waals surface area contributed by atoms with Crippen molar-refractivity contribution in [3.63, 3.8) is 0 Å². The highest BCUT2D eigenvalue weighted by Gasteiger charge is 2.18. The number of carbonyl (C=O) groups is 1. The van der Waals surface area contributed by atoms with E-state index in [1.54, 1.807) is 50.6 Å². The Labute approximate surface area is 207 Å². The number of hydrogen-bond donors (Lipinski definition) is 2. The Morgan fingerprint density at radius 2 is 1.80 bits per heavy atom. The van der Waals surface area contributed by atoms with E-state index in [2.05, 4.69) is 22.2 Å². The van der Waals surface area contributed by atoms with E-state index >= 15 is 4.39 Å². The van der Waals surface area contributed by atoms with Crippen LogP contribution in [0.4, 0.5) is 15.8 Å². The summed E-state index contributed by atoms with van der Waals surface area (Å²) < 4.78 is 26.0. The molecule has 0 aliphatic carbocycles. The second-order valence-corrected chi connectivity index (χ2v) is 9.04. The minimum Gasteiger partial charge on any atom is -0.492 e. The van der Waals surface area contributed by atoms with E-state index in [4.69, 9.17) is 9.47 Å². The number of rotatable bonds is 12. The average molecular weight is 485 g/mol. The number of amides is 1. The maximum absolute atomic E-state index is 15.0. The molecule has 0 saturated heterocycles. The highest BCUT2D eigenvalue weighted by molar-refractivity contribution is 5.91. The maximum atomic E-state index is 15.0. The van der Waals surface area contributed by atoms with Gasteiger partial charge in [0.25, 0.3) is 0 Å². The van der Waals surface area contributed by atoms with Crippen molar-refractivity contribution in [1.82, 2.24) is 4.90 Å². The first-order valence-electron chi connectivity index (χ1n) is 11.6. The summed E-state index contributed by atoms with van der Waals surface area (Å²) in [4.78, 5) is 18.6. The molecule has 0 bridgehead atoms. The lowest BCUT2D eigenvalue weighted by Crippen LogP contribution is -2.31. The summed E-state index contributed by atoms with van der Waals surface area (Å²) in [6.07, 6.45) is 2.55. The lowest BCUT2D eigenvalue weighted by atomic mass is 10.0. The van der Waals surface area contributed by atoms with Crippen molar-refractivity contribution in [2.24, 2.45) is 4.99 Å². The number of nitrogens with one attached hydrogen (secondary N) is 2. The summed E-state index contributed by atoms with van der Waals surface area (Å²) in [6.45, 7) is 10.8. The summed E-state index contributed by atoms with van der Waals surface area (Å²) in [7, 11) is 5.52. The molecule has 7 nitrogen and oxygen atoms in total.